The number of nitrogen functional groups attached to an aromatic ring is 1. The van der Waals surface area contributed by atoms with Crippen molar-refractivity contribution in [3.05, 3.63) is 66.0 Å². The Bertz CT molecular complexity index is 1280. The van der Waals surface area contributed by atoms with Crippen molar-refractivity contribution < 1.29 is 4.74 Å². The maximum absolute atomic E-state index is 9.39. The SMILES string of the molecule is Cn1nc(C2CC2)cc1Oc1cc(C#N)ccc1-c1cccc2c(N)nccc12. The molecule has 1 saturated carbocycles. The van der Waals surface area contributed by atoms with Crippen LogP contribution in [-0.4, -0.2) is 14.8 Å². The number of anilines is 1. The first-order chi connectivity index (χ1) is 14.1. The first-order valence-electron chi connectivity index (χ1n) is 9.53. The van der Waals surface area contributed by atoms with Gasteiger partial charge in [0.05, 0.1) is 17.3 Å². The summed E-state index contributed by atoms with van der Waals surface area (Å²) in [6, 6.07) is 17.5. The molecule has 29 heavy (non-hydrogen) atoms. The zero-order valence-electron chi connectivity index (χ0n) is 16.0. The number of aryl methyl sites for hydroxylation is 1. The molecule has 0 spiro atoms. The summed E-state index contributed by atoms with van der Waals surface area (Å²) in [5.74, 6) is 2.29. The maximum Gasteiger partial charge on any atom is 0.217 e. The second kappa shape index (κ2) is 6.64. The number of rotatable bonds is 4. The molecular weight excluding hydrogens is 362 g/mol. The average molecular weight is 381 g/mol. The number of nitrogens with two attached hydrogens (primary N) is 1. The fourth-order valence-electron chi connectivity index (χ4n) is 3.62. The molecular formula is C23H19N5O. The van der Waals surface area contributed by atoms with Crippen LogP contribution < -0.4 is 10.5 Å². The highest BCUT2D eigenvalue weighted by molar-refractivity contribution is 6.02. The van der Waals surface area contributed by atoms with Gasteiger partial charge in [0.2, 0.25) is 5.88 Å². The highest BCUT2D eigenvalue weighted by Crippen LogP contribution is 2.42. The summed E-state index contributed by atoms with van der Waals surface area (Å²) in [5, 5.41) is 15.8. The minimum Gasteiger partial charge on any atom is -0.439 e. The topological polar surface area (TPSA) is 89.8 Å². The lowest BCUT2D eigenvalue weighted by Gasteiger charge is -2.14. The van der Waals surface area contributed by atoms with Crippen LogP contribution in [-0.2, 0) is 7.05 Å². The number of pyridine rings is 1. The molecule has 0 saturated heterocycles. The molecule has 4 aromatic rings. The van der Waals surface area contributed by atoms with E-state index in [1.54, 1.807) is 23.0 Å². The summed E-state index contributed by atoms with van der Waals surface area (Å²) in [6.07, 6.45) is 4.06. The molecule has 6 nitrogen and oxygen atoms in total. The molecule has 2 aromatic heterocycles. The number of hydrogen-bond donors (Lipinski definition) is 1. The van der Waals surface area contributed by atoms with Gasteiger partial charge in [0.1, 0.15) is 11.6 Å². The Morgan fingerprint density at radius 1 is 1.10 bits per heavy atom. The molecule has 0 bridgehead atoms. The smallest absolute Gasteiger partial charge is 0.217 e. The lowest BCUT2D eigenvalue weighted by molar-refractivity contribution is 0.432. The second-order valence-corrected chi connectivity index (χ2v) is 7.33. The summed E-state index contributed by atoms with van der Waals surface area (Å²) in [4.78, 5) is 4.19. The lowest BCUT2D eigenvalue weighted by atomic mass is 9.97. The lowest BCUT2D eigenvalue weighted by Crippen LogP contribution is -1.97. The van der Waals surface area contributed by atoms with Crippen LogP contribution in [0, 0.1) is 11.3 Å². The predicted octanol–water partition coefficient (Wildman–Crippen LogP) is 4.76. The Labute approximate surface area is 168 Å². The molecule has 0 unspecified atom stereocenters. The van der Waals surface area contributed by atoms with E-state index in [0.29, 0.717) is 28.9 Å². The number of aromatic nitrogens is 3. The molecule has 0 aliphatic heterocycles. The molecule has 142 valence electrons. The molecule has 1 aliphatic carbocycles. The Hall–Kier alpha value is -3.85. The standard InChI is InChI=1S/C23H19N5O/c1-28-22(12-20(27-28)15-6-7-15)29-21-11-14(13-24)5-8-18(21)16-3-2-4-19-17(16)9-10-26-23(19)25/h2-5,8-12,15H,6-7H2,1H3,(H2,25,26). The summed E-state index contributed by atoms with van der Waals surface area (Å²) in [5.41, 5.74) is 9.52. The van der Waals surface area contributed by atoms with E-state index in [4.69, 9.17) is 10.5 Å². The van der Waals surface area contributed by atoms with Crippen molar-refractivity contribution in [1.82, 2.24) is 14.8 Å². The molecule has 1 fully saturated rings. The van der Waals surface area contributed by atoms with Gasteiger partial charge in [0, 0.05) is 36.2 Å². The number of ether oxygens (including phenoxy) is 1. The van der Waals surface area contributed by atoms with Crippen LogP contribution >= 0.6 is 0 Å². The fraction of sp³-hybridized carbons (Fsp3) is 0.174. The van der Waals surface area contributed by atoms with Crippen molar-refractivity contribution in [1.29, 1.82) is 5.26 Å². The van der Waals surface area contributed by atoms with Gasteiger partial charge in [-0.25, -0.2) is 9.67 Å². The molecule has 0 atom stereocenters. The van der Waals surface area contributed by atoms with Crippen LogP contribution in [0.25, 0.3) is 21.9 Å². The van der Waals surface area contributed by atoms with E-state index in [-0.39, 0.29) is 0 Å². The fourth-order valence-corrected chi connectivity index (χ4v) is 3.62. The number of nitriles is 1. The minimum absolute atomic E-state index is 0.487. The molecule has 2 aromatic carbocycles. The van der Waals surface area contributed by atoms with Crippen molar-refractivity contribution in [3.8, 4) is 28.8 Å². The van der Waals surface area contributed by atoms with Crippen LogP contribution in [0.1, 0.15) is 30.0 Å². The van der Waals surface area contributed by atoms with Gasteiger partial charge in [-0.1, -0.05) is 18.2 Å². The van der Waals surface area contributed by atoms with Gasteiger partial charge in [-0.05, 0) is 48.1 Å². The Kier molecular flexibility index (Phi) is 3.95. The predicted molar refractivity (Wildman–Crippen MR) is 112 cm³/mol. The van der Waals surface area contributed by atoms with E-state index < -0.39 is 0 Å². The van der Waals surface area contributed by atoms with Gasteiger partial charge in [0.25, 0.3) is 0 Å². The molecule has 1 aliphatic rings. The van der Waals surface area contributed by atoms with Crippen LogP contribution in [0.3, 0.4) is 0 Å². The van der Waals surface area contributed by atoms with Crippen LogP contribution in [0.5, 0.6) is 11.6 Å². The average Bonchev–Trinajstić information content (AvgIpc) is 3.52. The Morgan fingerprint density at radius 3 is 2.76 bits per heavy atom. The van der Waals surface area contributed by atoms with Crippen molar-refractivity contribution in [2.75, 3.05) is 5.73 Å². The van der Waals surface area contributed by atoms with Crippen molar-refractivity contribution >= 4 is 16.6 Å². The van der Waals surface area contributed by atoms with Gasteiger partial charge < -0.3 is 10.5 Å². The number of nitrogens with zero attached hydrogens (tertiary/aromatic N) is 4. The third-order valence-corrected chi connectivity index (χ3v) is 5.30. The van der Waals surface area contributed by atoms with Gasteiger partial charge in [0.15, 0.2) is 0 Å². The number of fused-ring (bicyclic) bond motifs is 1. The van der Waals surface area contributed by atoms with Crippen LogP contribution in [0.2, 0.25) is 0 Å². The van der Waals surface area contributed by atoms with Crippen molar-refractivity contribution in [2.45, 2.75) is 18.8 Å². The third-order valence-electron chi connectivity index (χ3n) is 5.30. The summed E-state index contributed by atoms with van der Waals surface area (Å²) >= 11 is 0. The Balaban J connectivity index is 1.65. The molecule has 2 N–H and O–H groups in total. The van der Waals surface area contributed by atoms with Crippen LogP contribution in [0.4, 0.5) is 5.82 Å². The second-order valence-electron chi connectivity index (χ2n) is 7.33. The quantitative estimate of drug-likeness (QED) is 0.550. The first-order valence-corrected chi connectivity index (χ1v) is 9.53. The molecule has 2 heterocycles. The molecule has 0 amide bonds. The highest BCUT2D eigenvalue weighted by Gasteiger charge is 2.27. The summed E-state index contributed by atoms with van der Waals surface area (Å²) < 4.78 is 8.03. The van der Waals surface area contributed by atoms with E-state index in [2.05, 4.69) is 16.2 Å². The largest absolute Gasteiger partial charge is 0.439 e. The van der Waals surface area contributed by atoms with E-state index in [9.17, 15) is 5.26 Å². The van der Waals surface area contributed by atoms with Gasteiger partial charge in [-0.3, -0.25) is 0 Å². The van der Waals surface area contributed by atoms with Gasteiger partial charge in [-0.2, -0.15) is 10.4 Å². The zero-order chi connectivity index (χ0) is 20.0. The van der Waals surface area contributed by atoms with E-state index in [1.807, 2.05) is 43.4 Å². The normalized spacial score (nSPS) is 13.4. The van der Waals surface area contributed by atoms with E-state index >= 15 is 0 Å². The monoisotopic (exact) mass is 381 g/mol. The first kappa shape index (κ1) is 17.3. The Morgan fingerprint density at radius 2 is 1.97 bits per heavy atom. The number of benzene rings is 2. The van der Waals surface area contributed by atoms with Crippen LogP contribution in [0.15, 0.2) is 54.7 Å². The summed E-state index contributed by atoms with van der Waals surface area (Å²) in [7, 11) is 1.87. The van der Waals surface area contributed by atoms with Gasteiger partial charge in [-0.15, -0.1) is 0 Å². The molecule has 5 rings (SSSR count). The van der Waals surface area contributed by atoms with E-state index in [0.717, 1.165) is 27.6 Å². The zero-order valence-corrected chi connectivity index (χ0v) is 16.0. The maximum atomic E-state index is 9.39. The van der Waals surface area contributed by atoms with E-state index in [1.165, 1.54) is 12.8 Å². The highest BCUT2D eigenvalue weighted by atomic mass is 16.5. The molecule has 6 heteroatoms. The van der Waals surface area contributed by atoms with Crippen molar-refractivity contribution in [3.63, 3.8) is 0 Å². The summed E-state index contributed by atoms with van der Waals surface area (Å²) in [6.45, 7) is 0. The third kappa shape index (κ3) is 3.07. The van der Waals surface area contributed by atoms with Gasteiger partial charge >= 0.3 is 0 Å². The molecule has 0 radical (unpaired) electrons. The van der Waals surface area contributed by atoms with Crippen molar-refractivity contribution in [2.24, 2.45) is 7.05 Å². The number of hydrogen-bond acceptors (Lipinski definition) is 5. The minimum atomic E-state index is 0.487.